The van der Waals surface area contributed by atoms with Crippen LogP contribution in [-0.2, 0) is 9.53 Å². The minimum Gasteiger partial charge on any atom is -0.458 e. The molecule has 132 valence electrons. The number of nitrogens with zero attached hydrogens (tertiary/aromatic N) is 2. The Morgan fingerprint density at radius 1 is 1.12 bits per heavy atom. The Morgan fingerprint density at radius 2 is 1.64 bits per heavy atom. The van der Waals surface area contributed by atoms with Crippen LogP contribution in [0.15, 0.2) is 65.7 Å². The third-order valence-electron chi connectivity index (χ3n) is 4.11. The minimum atomic E-state index is -0.444. The number of guanidine groups is 1. The van der Waals surface area contributed by atoms with E-state index in [0.29, 0.717) is 19.0 Å². The van der Waals surface area contributed by atoms with Crippen molar-refractivity contribution in [1.29, 1.82) is 0 Å². The molecule has 0 radical (unpaired) electrons. The minimum absolute atomic E-state index is 0. The van der Waals surface area contributed by atoms with E-state index < -0.39 is 5.92 Å². The predicted octanol–water partition coefficient (Wildman–Crippen LogP) is 2.41. The van der Waals surface area contributed by atoms with Crippen molar-refractivity contribution in [1.82, 2.24) is 4.90 Å². The highest BCUT2D eigenvalue weighted by Gasteiger charge is 2.28. The molecule has 3 rings (SSSR count). The average Bonchev–Trinajstić information content (AvgIpc) is 2.60. The summed E-state index contributed by atoms with van der Waals surface area (Å²) in [6.45, 7) is 0.954. The van der Waals surface area contributed by atoms with E-state index in [-0.39, 0.29) is 24.5 Å². The molecule has 2 aromatic rings. The molecule has 1 atom stereocenters. The number of nitrogens with two attached hydrogens (primary N) is 1. The third-order valence-corrected chi connectivity index (χ3v) is 4.11. The Kier molecular flexibility index (Phi) is 6.42. The number of esters is 1. The molecule has 1 heterocycles. The van der Waals surface area contributed by atoms with Gasteiger partial charge in [0.05, 0.1) is 13.1 Å². The first kappa shape index (κ1) is 18.8. The molecule has 0 saturated carbocycles. The molecule has 0 aromatic heterocycles. The van der Waals surface area contributed by atoms with Gasteiger partial charge in [0.15, 0.2) is 5.96 Å². The standard InChI is InChI=1S/C19H21N3O2.ClH/c1-22-13-16(12-21-19(22)20)24-18(23)17(14-8-4-2-5-9-14)15-10-6-3-7-11-15;/h2-11,16-17H,12-13H2,1H3,(H2,20,21);1H. The lowest BCUT2D eigenvalue weighted by atomic mass is 9.91. The second kappa shape index (κ2) is 8.53. The predicted molar refractivity (Wildman–Crippen MR) is 101 cm³/mol. The van der Waals surface area contributed by atoms with E-state index in [1.54, 1.807) is 4.90 Å². The van der Waals surface area contributed by atoms with Crippen molar-refractivity contribution in [2.75, 3.05) is 20.1 Å². The molecule has 25 heavy (non-hydrogen) atoms. The highest BCUT2D eigenvalue weighted by molar-refractivity contribution is 5.85. The number of likely N-dealkylation sites (N-methyl/N-ethyl adjacent to an activating group) is 1. The van der Waals surface area contributed by atoms with Gasteiger partial charge in [-0.05, 0) is 11.1 Å². The summed E-state index contributed by atoms with van der Waals surface area (Å²) in [5.74, 6) is -0.229. The van der Waals surface area contributed by atoms with Gasteiger partial charge in [-0.15, -0.1) is 12.4 Å². The van der Waals surface area contributed by atoms with Gasteiger partial charge in [0.1, 0.15) is 12.0 Å². The summed E-state index contributed by atoms with van der Waals surface area (Å²) in [6, 6.07) is 19.4. The van der Waals surface area contributed by atoms with E-state index in [1.807, 2.05) is 67.7 Å². The van der Waals surface area contributed by atoms with Crippen molar-refractivity contribution >= 4 is 24.3 Å². The van der Waals surface area contributed by atoms with Crippen LogP contribution in [0, 0.1) is 0 Å². The van der Waals surface area contributed by atoms with Crippen LogP contribution in [-0.4, -0.2) is 43.1 Å². The van der Waals surface area contributed by atoms with Gasteiger partial charge in [-0.1, -0.05) is 60.7 Å². The van der Waals surface area contributed by atoms with Gasteiger partial charge < -0.3 is 15.4 Å². The third kappa shape index (κ3) is 4.51. The number of hydrogen-bond acceptors (Lipinski definition) is 5. The van der Waals surface area contributed by atoms with E-state index in [0.717, 1.165) is 11.1 Å². The molecule has 1 aliphatic heterocycles. The fourth-order valence-electron chi connectivity index (χ4n) is 2.84. The van der Waals surface area contributed by atoms with Crippen LogP contribution in [0.2, 0.25) is 0 Å². The van der Waals surface area contributed by atoms with Crippen LogP contribution in [0.25, 0.3) is 0 Å². The van der Waals surface area contributed by atoms with Crippen LogP contribution in [0.1, 0.15) is 17.0 Å². The maximum atomic E-state index is 12.9. The summed E-state index contributed by atoms with van der Waals surface area (Å²) in [7, 11) is 1.84. The number of carbonyl (C=O) groups excluding carboxylic acids is 1. The average molecular weight is 360 g/mol. The Morgan fingerprint density at radius 3 is 2.12 bits per heavy atom. The van der Waals surface area contributed by atoms with Gasteiger partial charge in [-0.25, -0.2) is 4.99 Å². The summed E-state index contributed by atoms with van der Waals surface area (Å²) in [6.07, 6.45) is -0.287. The second-order valence-corrected chi connectivity index (χ2v) is 5.89. The SMILES string of the molecule is CN1CC(OC(=O)C(c2ccccc2)c2ccccc2)CN=C1N.Cl. The van der Waals surface area contributed by atoms with Crippen molar-refractivity contribution < 1.29 is 9.53 Å². The van der Waals surface area contributed by atoms with Gasteiger partial charge in [0, 0.05) is 7.05 Å². The number of aliphatic imine (C=N–C) groups is 1. The zero-order valence-electron chi connectivity index (χ0n) is 14.0. The van der Waals surface area contributed by atoms with E-state index >= 15 is 0 Å². The molecule has 0 aliphatic carbocycles. The number of rotatable bonds is 4. The first-order valence-electron chi connectivity index (χ1n) is 7.96. The maximum absolute atomic E-state index is 12.9. The van der Waals surface area contributed by atoms with Crippen LogP contribution in [0.4, 0.5) is 0 Å². The largest absolute Gasteiger partial charge is 0.458 e. The molecule has 0 spiro atoms. The monoisotopic (exact) mass is 359 g/mol. The Balaban J connectivity index is 0.00000225. The van der Waals surface area contributed by atoms with E-state index in [2.05, 4.69) is 4.99 Å². The number of ether oxygens (including phenoxy) is 1. The van der Waals surface area contributed by atoms with Crippen molar-refractivity contribution in [2.24, 2.45) is 10.7 Å². The molecule has 1 aliphatic rings. The molecule has 0 bridgehead atoms. The van der Waals surface area contributed by atoms with Crippen LogP contribution in [0.3, 0.4) is 0 Å². The van der Waals surface area contributed by atoms with Crippen LogP contribution >= 0.6 is 12.4 Å². The summed E-state index contributed by atoms with van der Waals surface area (Å²) < 4.78 is 5.74. The first-order chi connectivity index (χ1) is 11.6. The lowest BCUT2D eigenvalue weighted by Gasteiger charge is -2.29. The second-order valence-electron chi connectivity index (χ2n) is 5.89. The zero-order chi connectivity index (χ0) is 16.9. The number of carbonyl (C=O) groups is 1. The van der Waals surface area contributed by atoms with Crippen molar-refractivity contribution in [3.05, 3.63) is 71.8 Å². The van der Waals surface area contributed by atoms with Crippen LogP contribution < -0.4 is 5.73 Å². The number of halogens is 1. The van der Waals surface area contributed by atoms with Gasteiger partial charge in [0.2, 0.25) is 0 Å². The van der Waals surface area contributed by atoms with Gasteiger partial charge in [-0.2, -0.15) is 0 Å². The quantitative estimate of drug-likeness (QED) is 0.851. The summed E-state index contributed by atoms with van der Waals surface area (Å²) in [5.41, 5.74) is 7.58. The van der Waals surface area contributed by atoms with Crippen molar-refractivity contribution in [3.8, 4) is 0 Å². The maximum Gasteiger partial charge on any atom is 0.318 e. The molecule has 2 aromatic carbocycles. The van der Waals surface area contributed by atoms with Gasteiger partial charge in [-0.3, -0.25) is 4.79 Å². The summed E-state index contributed by atoms with van der Waals surface area (Å²) >= 11 is 0. The summed E-state index contributed by atoms with van der Waals surface area (Å²) in [4.78, 5) is 18.9. The van der Waals surface area contributed by atoms with Gasteiger partial charge >= 0.3 is 5.97 Å². The summed E-state index contributed by atoms with van der Waals surface area (Å²) in [5, 5.41) is 0. The van der Waals surface area contributed by atoms with Crippen LogP contribution in [0.5, 0.6) is 0 Å². The first-order valence-corrected chi connectivity index (χ1v) is 7.96. The lowest BCUT2D eigenvalue weighted by Crippen LogP contribution is -2.46. The molecular formula is C19H22ClN3O2. The van der Waals surface area contributed by atoms with E-state index in [4.69, 9.17) is 10.5 Å². The topological polar surface area (TPSA) is 67.9 Å². The molecule has 0 fully saturated rings. The smallest absolute Gasteiger partial charge is 0.318 e. The Hall–Kier alpha value is -2.53. The highest BCUT2D eigenvalue weighted by Crippen LogP contribution is 2.26. The molecule has 0 amide bonds. The fraction of sp³-hybridized carbons (Fsp3) is 0.263. The fourth-order valence-corrected chi connectivity index (χ4v) is 2.84. The Bertz CT molecular complexity index is 682. The van der Waals surface area contributed by atoms with E-state index in [9.17, 15) is 4.79 Å². The molecule has 6 heteroatoms. The molecule has 5 nitrogen and oxygen atoms in total. The molecule has 0 saturated heterocycles. The van der Waals surface area contributed by atoms with E-state index in [1.165, 1.54) is 0 Å². The number of benzene rings is 2. The number of hydrogen-bond donors (Lipinski definition) is 1. The zero-order valence-corrected chi connectivity index (χ0v) is 14.9. The van der Waals surface area contributed by atoms with Crippen molar-refractivity contribution in [2.45, 2.75) is 12.0 Å². The lowest BCUT2D eigenvalue weighted by molar-refractivity contribution is -0.150. The molecule has 2 N–H and O–H groups in total. The highest BCUT2D eigenvalue weighted by atomic mass is 35.5. The molecular weight excluding hydrogens is 338 g/mol. The van der Waals surface area contributed by atoms with Crippen molar-refractivity contribution in [3.63, 3.8) is 0 Å². The molecule has 1 unspecified atom stereocenters. The normalized spacial score (nSPS) is 16.8. The van der Waals surface area contributed by atoms with Gasteiger partial charge in [0.25, 0.3) is 0 Å². The Labute approximate surface area is 153 Å².